The van der Waals surface area contributed by atoms with E-state index in [1.807, 2.05) is 0 Å². The molecule has 3 aromatic carbocycles. The molecule has 0 saturated carbocycles. The number of phenols is 1. The van der Waals surface area contributed by atoms with E-state index in [4.69, 9.17) is 10.3 Å². The topological polar surface area (TPSA) is 147 Å². The minimum atomic E-state index is -4.47. The van der Waals surface area contributed by atoms with E-state index in [2.05, 4.69) is 4.72 Å². The van der Waals surface area contributed by atoms with Crippen molar-refractivity contribution in [3.05, 3.63) is 54.6 Å². The number of hydrogen-bond donors (Lipinski definition) is 4. The van der Waals surface area contributed by atoms with Crippen molar-refractivity contribution in [2.45, 2.75) is 9.79 Å². The molecule has 11 heteroatoms. The third-order valence-corrected chi connectivity index (χ3v) is 5.83. The zero-order valence-electron chi connectivity index (χ0n) is 15.1. The Morgan fingerprint density at radius 1 is 0.926 bits per heavy atom. The van der Waals surface area contributed by atoms with Gasteiger partial charge in [-0.05, 0) is 47.9 Å². The van der Waals surface area contributed by atoms with E-state index >= 15 is 0 Å². The average molecular weight is 418 g/mol. The van der Waals surface area contributed by atoms with Crippen LogP contribution in [0.5, 0.6) is 5.75 Å². The van der Waals surface area contributed by atoms with Crippen LogP contribution in [0.1, 0.15) is 1.43 Å². The zero-order valence-corrected chi connectivity index (χ0v) is 17.8. The molecule has 0 aliphatic heterocycles. The number of rotatable bonds is 4. The number of nitrogen functional groups attached to an aromatic ring is 1. The molecule has 0 radical (unpaired) electrons. The normalized spacial score (nSPS) is 11.7. The van der Waals surface area contributed by atoms with Crippen molar-refractivity contribution < 1.29 is 57.5 Å². The molecule has 0 aliphatic carbocycles. The first-order chi connectivity index (χ1) is 12.1. The molecule has 0 amide bonds. The first kappa shape index (κ1) is 21.5. The standard InChI is InChI=1S/C16H14N2O6S2.Na.H/c17-11-4-5-15-10(6-11)7-14(9-16(15)19)25(20,21)18-12-2-1-3-13(8-12)26(22,23)24;;/h1-9,18-19H,17H2,(H,22,23,24);;/q;+1;-1. The van der Waals surface area contributed by atoms with Gasteiger partial charge in [-0.25, -0.2) is 8.42 Å². The Morgan fingerprint density at radius 2 is 1.63 bits per heavy atom. The quantitative estimate of drug-likeness (QED) is 0.249. The van der Waals surface area contributed by atoms with Gasteiger partial charge in [-0.2, -0.15) is 8.42 Å². The van der Waals surface area contributed by atoms with Crippen LogP contribution in [0.3, 0.4) is 0 Å². The van der Waals surface area contributed by atoms with E-state index in [1.54, 1.807) is 12.1 Å². The van der Waals surface area contributed by atoms with E-state index in [1.165, 1.54) is 24.3 Å². The summed E-state index contributed by atoms with van der Waals surface area (Å²) in [7, 11) is -8.60. The van der Waals surface area contributed by atoms with Gasteiger partial charge in [0.05, 0.1) is 15.5 Å². The minimum absolute atomic E-state index is 0. The molecule has 0 aliphatic rings. The van der Waals surface area contributed by atoms with Gasteiger partial charge in [-0.1, -0.05) is 6.07 Å². The summed E-state index contributed by atoms with van der Waals surface area (Å²) < 4.78 is 58.8. The molecule has 27 heavy (non-hydrogen) atoms. The molecular weight excluding hydrogens is 403 g/mol. The summed E-state index contributed by atoms with van der Waals surface area (Å²) in [6, 6.07) is 11.8. The minimum Gasteiger partial charge on any atom is -1.00 e. The maximum atomic E-state index is 12.6. The van der Waals surface area contributed by atoms with Gasteiger partial charge in [0, 0.05) is 17.1 Å². The molecule has 3 rings (SSSR count). The number of aromatic hydroxyl groups is 1. The van der Waals surface area contributed by atoms with Crippen molar-refractivity contribution in [1.82, 2.24) is 0 Å². The fourth-order valence-electron chi connectivity index (χ4n) is 2.43. The summed E-state index contributed by atoms with van der Waals surface area (Å²) in [5.74, 6) is -0.241. The second-order valence-electron chi connectivity index (χ2n) is 5.53. The SMILES string of the molecule is Nc1ccc2c(O)cc(S(=O)(=O)Nc3cccc(S(=O)(=O)O)c3)cc2c1.[H-].[Na+]. The molecule has 3 aromatic rings. The van der Waals surface area contributed by atoms with Crippen molar-refractivity contribution >= 4 is 42.3 Å². The van der Waals surface area contributed by atoms with Gasteiger partial charge in [0.15, 0.2) is 0 Å². The third-order valence-electron chi connectivity index (χ3n) is 3.62. The van der Waals surface area contributed by atoms with Gasteiger partial charge in [-0.15, -0.1) is 0 Å². The van der Waals surface area contributed by atoms with E-state index in [0.717, 1.165) is 18.2 Å². The Balaban J connectivity index is 0.00000196. The molecule has 0 spiro atoms. The number of sulfonamides is 1. The molecule has 0 heterocycles. The second-order valence-corrected chi connectivity index (χ2v) is 8.64. The van der Waals surface area contributed by atoms with Gasteiger partial charge >= 0.3 is 29.6 Å². The summed E-state index contributed by atoms with van der Waals surface area (Å²) in [6.45, 7) is 0. The fraction of sp³-hybridized carbons (Fsp3) is 0. The number of nitrogens with one attached hydrogen (secondary N) is 1. The van der Waals surface area contributed by atoms with E-state index < -0.39 is 25.0 Å². The Hall–Kier alpha value is -1.82. The van der Waals surface area contributed by atoms with Crippen LogP contribution < -0.4 is 40.0 Å². The molecule has 8 nitrogen and oxygen atoms in total. The predicted octanol–water partition coefficient (Wildman–Crippen LogP) is -0.708. The third kappa shape index (κ3) is 4.72. The number of hydrogen-bond acceptors (Lipinski definition) is 6. The van der Waals surface area contributed by atoms with Crippen molar-refractivity contribution in [1.29, 1.82) is 0 Å². The van der Waals surface area contributed by atoms with Gasteiger partial charge in [0.2, 0.25) is 0 Å². The summed E-state index contributed by atoms with van der Waals surface area (Å²) in [5, 5.41) is 10.9. The summed E-state index contributed by atoms with van der Waals surface area (Å²) >= 11 is 0. The van der Waals surface area contributed by atoms with Crippen LogP contribution in [0.15, 0.2) is 64.4 Å². The van der Waals surface area contributed by atoms with Crippen LogP contribution in [0.4, 0.5) is 11.4 Å². The number of nitrogens with two attached hydrogens (primary N) is 1. The second kappa shape index (κ2) is 7.66. The molecule has 0 fully saturated rings. The molecule has 138 valence electrons. The molecule has 0 bridgehead atoms. The predicted molar refractivity (Wildman–Crippen MR) is 98.2 cm³/mol. The van der Waals surface area contributed by atoms with Gasteiger partial charge in [-0.3, -0.25) is 9.27 Å². The first-order valence-corrected chi connectivity index (χ1v) is 10.1. The zero-order chi connectivity index (χ0) is 19.1. The molecule has 5 N–H and O–H groups in total. The largest absolute Gasteiger partial charge is 1.00 e. The smallest absolute Gasteiger partial charge is 1.00 e. The fourth-order valence-corrected chi connectivity index (χ4v) is 4.06. The van der Waals surface area contributed by atoms with Gasteiger partial charge in [0.25, 0.3) is 20.1 Å². The van der Waals surface area contributed by atoms with Crippen LogP contribution in [-0.2, 0) is 20.1 Å². The van der Waals surface area contributed by atoms with Gasteiger partial charge < -0.3 is 12.3 Å². The van der Waals surface area contributed by atoms with Crippen molar-refractivity contribution in [2.24, 2.45) is 0 Å². The summed E-state index contributed by atoms with van der Waals surface area (Å²) in [5.41, 5.74) is 6.03. The Kier molecular flexibility index (Phi) is 6.10. The summed E-state index contributed by atoms with van der Waals surface area (Å²) in [6.07, 6.45) is 0. The molecule has 0 aromatic heterocycles. The molecule has 0 atom stereocenters. The first-order valence-electron chi connectivity index (χ1n) is 7.19. The van der Waals surface area contributed by atoms with E-state index in [9.17, 15) is 21.9 Å². The number of fused-ring (bicyclic) bond motifs is 1. The van der Waals surface area contributed by atoms with Crippen molar-refractivity contribution in [3.63, 3.8) is 0 Å². The Bertz CT molecular complexity index is 1230. The van der Waals surface area contributed by atoms with Crippen LogP contribution >= 0.6 is 0 Å². The summed E-state index contributed by atoms with van der Waals surface area (Å²) in [4.78, 5) is -0.683. The van der Waals surface area contributed by atoms with Crippen LogP contribution in [0, 0.1) is 0 Å². The van der Waals surface area contributed by atoms with Crippen LogP contribution in [0.2, 0.25) is 0 Å². The number of benzene rings is 3. The van der Waals surface area contributed by atoms with Crippen molar-refractivity contribution in [2.75, 3.05) is 10.5 Å². The van der Waals surface area contributed by atoms with E-state index in [-0.39, 0.29) is 47.3 Å². The number of phenolic OH excluding ortho intramolecular Hbond substituents is 1. The van der Waals surface area contributed by atoms with Gasteiger partial charge in [0.1, 0.15) is 5.75 Å². The molecule has 0 unspecified atom stereocenters. The van der Waals surface area contributed by atoms with E-state index in [0.29, 0.717) is 16.5 Å². The maximum Gasteiger partial charge on any atom is 1.00 e. The number of anilines is 2. The average Bonchev–Trinajstić information content (AvgIpc) is 2.53. The van der Waals surface area contributed by atoms with Crippen molar-refractivity contribution in [3.8, 4) is 5.75 Å². The van der Waals surface area contributed by atoms with Crippen LogP contribution in [0.25, 0.3) is 10.8 Å². The monoisotopic (exact) mass is 418 g/mol. The Labute approximate surface area is 179 Å². The van der Waals surface area contributed by atoms with Crippen LogP contribution in [-0.4, -0.2) is 26.5 Å². The maximum absolute atomic E-state index is 12.6. The molecular formula is C16H15N2NaO6S2. The Morgan fingerprint density at radius 3 is 2.30 bits per heavy atom. The molecule has 0 saturated heterocycles.